The molecule has 0 amide bonds. The van der Waals surface area contributed by atoms with E-state index < -0.39 is 5.97 Å². The van der Waals surface area contributed by atoms with E-state index in [-0.39, 0.29) is 0 Å². The number of methoxy groups -OCH3 is 1. The van der Waals surface area contributed by atoms with Crippen LogP contribution >= 0.6 is 0 Å². The first kappa shape index (κ1) is 14.6. The molecule has 1 fully saturated rings. The van der Waals surface area contributed by atoms with Crippen molar-refractivity contribution in [2.24, 2.45) is 0 Å². The summed E-state index contributed by atoms with van der Waals surface area (Å²) in [6.07, 6.45) is 0. The number of nitrogens with zero attached hydrogens (tertiary/aromatic N) is 1. The van der Waals surface area contributed by atoms with Gasteiger partial charge in [-0.25, -0.2) is 4.79 Å². The van der Waals surface area contributed by atoms with E-state index in [1.165, 1.54) is 7.11 Å². The Morgan fingerprint density at radius 1 is 1.40 bits per heavy atom. The maximum Gasteiger partial charge on any atom is 0.337 e. The van der Waals surface area contributed by atoms with Gasteiger partial charge in [0, 0.05) is 19.6 Å². The van der Waals surface area contributed by atoms with Gasteiger partial charge in [-0.3, -0.25) is 4.90 Å². The van der Waals surface area contributed by atoms with Gasteiger partial charge in [0.15, 0.2) is 0 Å². The Bertz CT molecular complexity index is 458. The van der Waals surface area contributed by atoms with Crippen LogP contribution in [0.3, 0.4) is 0 Å². The number of hydrogen-bond acceptors (Lipinski definition) is 6. The second-order valence-corrected chi connectivity index (χ2v) is 4.55. The lowest BCUT2D eigenvalue weighted by Gasteiger charge is -2.26. The van der Waals surface area contributed by atoms with Gasteiger partial charge < -0.3 is 19.9 Å². The summed E-state index contributed by atoms with van der Waals surface area (Å²) in [5.74, 6) is 0.115. The molecule has 1 aromatic rings. The van der Waals surface area contributed by atoms with Crippen LogP contribution in [0.5, 0.6) is 5.75 Å². The molecule has 1 aromatic carbocycles. The van der Waals surface area contributed by atoms with Crippen LogP contribution in [0.1, 0.15) is 10.4 Å². The van der Waals surface area contributed by atoms with Crippen molar-refractivity contribution in [2.75, 3.05) is 52.3 Å². The minimum absolute atomic E-state index is 0.400. The fourth-order valence-electron chi connectivity index (χ4n) is 2.01. The number of rotatable bonds is 5. The lowest BCUT2D eigenvalue weighted by Crippen LogP contribution is -2.38. The van der Waals surface area contributed by atoms with Crippen molar-refractivity contribution in [3.8, 4) is 5.75 Å². The summed E-state index contributed by atoms with van der Waals surface area (Å²) in [6, 6.07) is 4.88. The molecule has 1 aliphatic heterocycles. The molecule has 20 heavy (non-hydrogen) atoms. The van der Waals surface area contributed by atoms with Gasteiger partial charge in [-0.2, -0.15) is 0 Å². The molecular weight excluding hydrogens is 260 g/mol. The molecule has 0 radical (unpaired) electrons. The van der Waals surface area contributed by atoms with Crippen molar-refractivity contribution in [3.63, 3.8) is 0 Å². The molecule has 6 heteroatoms. The molecule has 0 unspecified atom stereocenters. The van der Waals surface area contributed by atoms with E-state index in [4.69, 9.17) is 15.2 Å². The second kappa shape index (κ2) is 7.12. The zero-order valence-corrected chi connectivity index (χ0v) is 11.6. The van der Waals surface area contributed by atoms with E-state index in [0.29, 0.717) is 23.6 Å². The number of ether oxygens (including phenoxy) is 3. The van der Waals surface area contributed by atoms with Crippen molar-refractivity contribution in [1.29, 1.82) is 0 Å². The standard InChI is InChI=1S/C14H20N2O4/c1-18-14(17)11-2-3-12(15)13(10-11)20-9-6-16-4-7-19-8-5-16/h2-3,10H,4-9,15H2,1H3. The molecule has 1 heterocycles. The maximum atomic E-state index is 11.5. The SMILES string of the molecule is COC(=O)c1ccc(N)c(OCCN2CCOCC2)c1. The van der Waals surface area contributed by atoms with E-state index in [1.807, 2.05) is 0 Å². The number of benzene rings is 1. The predicted octanol–water partition coefficient (Wildman–Crippen LogP) is 0.766. The fourth-order valence-corrected chi connectivity index (χ4v) is 2.01. The Hall–Kier alpha value is -1.79. The van der Waals surface area contributed by atoms with Gasteiger partial charge in [0.25, 0.3) is 0 Å². The van der Waals surface area contributed by atoms with E-state index in [2.05, 4.69) is 9.64 Å². The van der Waals surface area contributed by atoms with E-state index in [0.717, 1.165) is 32.8 Å². The van der Waals surface area contributed by atoms with Gasteiger partial charge >= 0.3 is 5.97 Å². The highest BCUT2D eigenvalue weighted by molar-refractivity contribution is 5.90. The topological polar surface area (TPSA) is 74.0 Å². The third-order valence-corrected chi connectivity index (χ3v) is 3.20. The Morgan fingerprint density at radius 2 is 2.15 bits per heavy atom. The largest absolute Gasteiger partial charge is 0.490 e. The van der Waals surface area contributed by atoms with Crippen molar-refractivity contribution in [2.45, 2.75) is 0 Å². The lowest BCUT2D eigenvalue weighted by atomic mass is 10.2. The van der Waals surface area contributed by atoms with Crippen LogP contribution in [0.15, 0.2) is 18.2 Å². The minimum Gasteiger partial charge on any atom is -0.490 e. The number of hydrogen-bond donors (Lipinski definition) is 1. The number of carbonyl (C=O) groups excluding carboxylic acids is 1. The number of anilines is 1. The number of morpholine rings is 1. The van der Waals surface area contributed by atoms with Gasteiger partial charge in [0.1, 0.15) is 12.4 Å². The molecule has 0 aromatic heterocycles. The number of esters is 1. The highest BCUT2D eigenvalue weighted by Crippen LogP contribution is 2.23. The number of nitrogen functional groups attached to an aromatic ring is 1. The summed E-state index contributed by atoms with van der Waals surface area (Å²) in [5.41, 5.74) is 6.79. The van der Waals surface area contributed by atoms with Crippen molar-refractivity contribution in [1.82, 2.24) is 4.90 Å². The average molecular weight is 280 g/mol. The van der Waals surface area contributed by atoms with E-state index >= 15 is 0 Å². The minimum atomic E-state index is -0.400. The molecule has 0 bridgehead atoms. The van der Waals surface area contributed by atoms with Gasteiger partial charge in [-0.15, -0.1) is 0 Å². The smallest absolute Gasteiger partial charge is 0.337 e. The highest BCUT2D eigenvalue weighted by Gasteiger charge is 2.12. The quantitative estimate of drug-likeness (QED) is 0.634. The van der Waals surface area contributed by atoms with Crippen LogP contribution < -0.4 is 10.5 Å². The van der Waals surface area contributed by atoms with Crippen LogP contribution in [-0.4, -0.2) is 57.4 Å². The fraction of sp³-hybridized carbons (Fsp3) is 0.500. The van der Waals surface area contributed by atoms with E-state index in [9.17, 15) is 4.79 Å². The van der Waals surface area contributed by atoms with Crippen molar-refractivity contribution >= 4 is 11.7 Å². The number of carbonyl (C=O) groups is 1. The Labute approximate surface area is 118 Å². The molecule has 0 spiro atoms. The summed E-state index contributed by atoms with van der Waals surface area (Å²) < 4.78 is 15.6. The molecule has 1 saturated heterocycles. The zero-order valence-electron chi connectivity index (χ0n) is 11.6. The molecule has 1 aliphatic rings. The van der Waals surface area contributed by atoms with Crippen LogP contribution in [0.4, 0.5) is 5.69 Å². The highest BCUT2D eigenvalue weighted by atomic mass is 16.5. The Balaban J connectivity index is 1.89. The van der Waals surface area contributed by atoms with Crippen LogP contribution in [0.25, 0.3) is 0 Å². The van der Waals surface area contributed by atoms with Gasteiger partial charge in [-0.05, 0) is 18.2 Å². The molecule has 0 saturated carbocycles. The van der Waals surface area contributed by atoms with Crippen LogP contribution in [0, 0.1) is 0 Å². The molecule has 6 nitrogen and oxygen atoms in total. The summed E-state index contributed by atoms with van der Waals surface area (Å²) in [4.78, 5) is 13.7. The third-order valence-electron chi connectivity index (χ3n) is 3.20. The van der Waals surface area contributed by atoms with Gasteiger partial charge in [0.2, 0.25) is 0 Å². The van der Waals surface area contributed by atoms with Crippen LogP contribution in [0.2, 0.25) is 0 Å². The zero-order chi connectivity index (χ0) is 14.4. The lowest BCUT2D eigenvalue weighted by molar-refractivity contribution is 0.0322. The Morgan fingerprint density at radius 3 is 2.85 bits per heavy atom. The molecule has 0 atom stereocenters. The first-order chi connectivity index (χ1) is 9.70. The summed E-state index contributed by atoms with van der Waals surface area (Å²) >= 11 is 0. The first-order valence-corrected chi connectivity index (χ1v) is 6.61. The number of nitrogens with two attached hydrogens (primary N) is 1. The first-order valence-electron chi connectivity index (χ1n) is 6.61. The average Bonchev–Trinajstić information content (AvgIpc) is 2.49. The Kier molecular flexibility index (Phi) is 5.20. The van der Waals surface area contributed by atoms with Crippen LogP contribution in [-0.2, 0) is 9.47 Å². The van der Waals surface area contributed by atoms with Crippen molar-refractivity contribution < 1.29 is 19.0 Å². The summed E-state index contributed by atoms with van der Waals surface area (Å²) in [5, 5.41) is 0. The summed E-state index contributed by atoms with van der Waals surface area (Å²) in [7, 11) is 1.34. The molecule has 2 N–H and O–H groups in total. The molecule has 110 valence electrons. The molecular formula is C14H20N2O4. The predicted molar refractivity (Wildman–Crippen MR) is 74.9 cm³/mol. The van der Waals surface area contributed by atoms with E-state index in [1.54, 1.807) is 18.2 Å². The van der Waals surface area contributed by atoms with Gasteiger partial charge in [-0.1, -0.05) is 0 Å². The summed E-state index contributed by atoms with van der Waals surface area (Å²) in [6.45, 7) is 4.70. The second-order valence-electron chi connectivity index (χ2n) is 4.55. The maximum absolute atomic E-state index is 11.5. The molecule has 0 aliphatic carbocycles. The molecule has 2 rings (SSSR count). The van der Waals surface area contributed by atoms with Crippen molar-refractivity contribution in [3.05, 3.63) is 23.8 Å². The normalized spacial score (nSPS) is 15.8. The third kappa shape index (κ3) is 3.85. The van der Waals surface area contributed by atoms with Gasteiger partial charge in [0.05, 0.1) is 31.6 Å². The monoisotopic (exact) mass is 280 g/mol.